The molecule has 2 aliphatic rings. The first kappa shape index (κ1) is 28.5. The number of carbonyl (C=O) groups is 3. The number of anilines is 2. The molecule has 2 aromatic carbocycles. The van der Waals surface area contributed by atoms with Gasteiger partial charge in [-0.2, -0.15) is 0 Å². The van der Waals surface area contributed by atoms with Crippen LogP contribution >= 0.6 is 12.2 Å². The van der Waals surface area contributed by atoms with E-state index in [4.69, 9.17) is 21.7 Å². The van der Waals surface area contributed by atoms with Crippen LogP contribution in [-0.2, 0) is 14.3 Å². The smallest absolute Gasteiger partial charge is 0.338 e. The van der Waals surface area contributed by atoms with Gasteiger partial charge in [0.1, 0.15) is 11.8 Å². The molecule has 4 rings (SSSR count). The van der Waals surface area contributed by atoms with Gasteiger partial charge in [-0.25, -0.2) is 4.79 Å². The van der Waals surface area contributed by atoms with E-state index in [0.717, 1.165) is 38.4 Å². The number of nitrogens with zero attached hydrogens (tertiary/aromatic N) is 3. The maximum Gasteiger partial charge on any atom is 0.338 e. The number of benzene rings is 2. The van der Waals surface area contributed by atoms with Crippen LogP contribution in [0.1, 0.15) is 43.5 Å². The topological polar surface area (TPSA) is 91.4 Å². The molecule has 0 spiro atoms. The summed E-state index contributed by atoms with van der Waals surface area (Å²) in [6.07, 6.45) is 2.26. The summed E-state index contributed by atoms with van der Waals surface area (Å²) in [6, 6.07) is 12.9. The molecule has 2 heterocycles. The zero-order chi connectivity index (χ0) is 27.9. The van der Waals surface area contributed by atoms with E-state index in [1.165, 1.54) is 4.90 Å². The summed E-state index contributed by atoms with van der Waals surface area (Å²) in [5.74, 6) is 0.443. The Morgan fingerprint density at radius 2 is 1.69 bits per heavy atom. The van der Waals surface area contributed by atoms with E-state index in [1.807, 2.05) is 4.90 Å². The second kappa shape index (κ2) is 13.0. The van der Waals surface area contributed by atoms with Crippen molar-refractivity contribution < 1.29 is 23.9 Å². The summed E-state index contributed by atoms with van der Waals surface area (Å²) in [4.78, 5) is 44.4. The largest absolute Gasteiger partial charge is 0.497 e. The molecule has 2 fully saturated rings. The highest BCUT2D eigenvalue weighted by molar-refractivity contribution is 7.80. The fourth-order valence-corrected chi connectivity index (χ4v) is 5.30. The normalized spacial score (nSPS) is 18.4. The number of hydrogen-bond acceptors (Lipinski definition) is 7. The Labute approximate surface area is 235 Å². The number of nitrogens with one attached hydrogen (secondary N) is 1. The van der Waals surface area contributed by atoms with Crippen molar-refractivity contribution in [3.05, 3.63) is 54.1 Å². The van der Waals surface area contributed by atoms with Crippen LogP contribution in [0.25, 0.3) is 0 Å². The summed E-state index contributed by atoms with van der Waals surface area (Å²) in [6.45, 7) is 7.67. The Morgan fingerprint density at radius 3 is 2.31 bits per heavy atom. The number of carbonyl (C=O) groups excluding carboxylic acids is 3. The van der Waals surface area contributed by atoms with Gasteiger partial charge in [-0.1, -0.05) is 6.92 Å². The first-order chi connectivity index (χ1) is 18.8. The number of thiocarbonyl (C=S) groups is 1. The minimum Gasteiger partial charge on any atom is -0.497 e. The van der Waals surface area contributed by atoms with E-state index in [1.54, 1.807) is 62.6 Å². The monoisotopic (exact) mass is 552 g/mol. The van der Waals surface area contributed by atoms with E-state index < -0.39 is 12.0 Å². The number of ether oxygens (including phenoxy) is 2. The molecule has 0 aliphatic carbocycles. The fourth-order valence-electron chi connectivity index (χ4n) is 4.88. The number of amides is 2. The first-order valence-electron chi connectivity index (χ1n) is 13.4. The summed E-state index contributed by atoms with van der Waals surface area (Å²) in [7, 11) is 1.59. The first-order valence-corrected chi connectivity index (χ1v) is 13.8. The standard InChI is InChI=1S/C29H36N4O5S/c1-4-38-28(36)21-5-7-22(8-6-21)30-26(34)19-25-27(35)33(23-9-11-24(37-3)12-10-23)29(39)32(25)18-17-31-15-13-20(2)14-16-31/h5-12,20,25H,4,13-19H2,1-3H3,(H,30,34)/t25-/m0/s1. The van der Waals surface area contributed by atoms with E-state index in [0.29, 0.717) is 34.3 Å². The Balaban J connectivity index is 1.47. The lowest BCUT2D eigenvalue weighted by Crippen LogP contribution is -2.44. The Bertz CT molecular complexity index is 1180. The van der Waals surface area contributed by atoms with Gasteiger partial charge in [-0.15, -0.1) is 0 Å². The molecule has 0 saturated carbocycles. The summed E-state index contributed by atoms with van der Waals surface area (Å²) >= 11 is 5.79. The molecule has 2 aliphatic heterocycles. The highest BCUT2D eigenvalue weighted by atomic mass is 32.1. The van der Waals surface area contributed by atoms with E-state index in [9.17, 15) is 14.4 Å². The minimum absolute atomic E-state index is 0.0533. The van der Waals surface area contributed by atoms with Gasteiger partial charge in [0.2, 0.25) is 5.91 Å². The van der Waals surface area contributed by atoms with Crippen LogP contribution in [0.15, 0.2) is 48.5 Å². The highest BCUT2D eigenvalue weighted by Crippen LogP contribution is 2.29. The van der Waals surface area contributed by atoms with Gasteiger partial charge in [0.05, 0.1) is 31.4 Å². The maximum absolute atomic E-state index is 13.7. The third kappa shape index (κ3) is 6.93. The van der Waals surface area contributed by atoms with E-state index in [-0.39, 0.29) is 24.8 Å². The molecule has 2 saturated heterocycles. The SMILES string of the molecule is CCOC(=O)c1ccc(NC(=O)C[C@H]2C(=O)N(c3ccc(OC)cc3)C(=S)N2CCN2CCC(C)CC2)cc1. The van der Waals surface area contributed by atoms with Gasteiger partial charge in [-0.3, -0.25) is 14.5 Å². The van der Waals surface area contributed by atoms with Crippen LogP contribution in [0, 0.1) is 5.92 Å². The molecule has 208 valence electrons. The minimum atomic E-state index is -0.720. The van der Waals surface area contributed by atoms with E-state index >= 15 is 0 Å². The molecular weight excluding hydrogens is 516 g/mol. The second-order valence-corrected chi connectivity index (χ2v) is 10.3. The van der Waals surface area contributed by atoms with Gasteiger partial charge in [0, 0.05) is 18.8 Å². The molecule has 9 nitrogen and oxygen atoms in total. The summed E-state index contributed by atoms with van der Waals surface area (Å²) in [5, 5.41) is 3.24. The zero-order valence-corrected chi connectivity index (χ0v) is 23.5. The Morgan fingerprint density at radius 1 is 1.03 bits per heavy atom. The summed E-state index contributed by atoms with van der Waals surface area (Å²) < 4.78 is 10.3. The van der Waals surface area contributed by atoms with Crippen molar-refractivity contribution in [2.75, 3.05) is 50.1 Å². The van der Waals surface area contributed by atoms with Crippen LogP contribution in [0.2, 0.25) is 0 Å². The van der Waals surface area contributed by atoms with Gasteiger partial charge in [0.15, 0.2) is 5.11 Å². The number of esters is 1. The average molecular weight is 553 g/mol. The predicted molar refractivity (Wildman–Crippen MR) is 154 cm³/mol. The number of rotatable bonds is 10. The lowest BCUT2D eigenvalue weighted by atomic mass is 9.99. The lowest BCUT2D eigenvalue weighted by molar-refractivity contribution is -0.124. The molecule has 0 aromatic heterocycles. The third-order valence-electron chi connectivity index (χ3n) is 7.24. The molecule has 2 amide bonds. The second-order valence-electron chi connectivity index (χ2n) is 9.94. The number of piperidine rings is 1. The van der Waals surface area contributed by atoms with Crippen molar-refractivity contribution in [2.45, 2.75) is 39.2 Å². The molecular formula is C29H36N4O5S. The molecule has 1 N–H and O–H groups in total. The maximum atomic E-state index is 13.7. The number of likely N-dealkylation sites (tertiary alicyclic amines) is 1. The third-order valence-corrected chi connectivity index (χ3v) is 7.66. The van der Waals surface area contributed by atoms with E-state index in [2.05, 4.69) is 17.1 Å². The molecule has 1 atom stereocenters. The molecule has 2 aromatic rings. The van der Waals surface area contributed by atoms with Crippen LogP contribution in [-0.4, -0.2) is 78.6 Å². The molecule has 0 bridgehead atoms. The number of methoxy groups -OCH3 is 1. The van der Waals surface area contributed by atoms with Gasteiger partial charge in [-0.05, 0) is 99.5 Å². The van der Waals surface area contributed by atoms with Crippen molar-refractivity contribution in [2.24, 2.45) is 5.92 Å². The zero-order valence-electron chi connectivity index (χ0n) is 22.7. The predicted octanol–water partition coefficient (Wildman–Crippen LogP) is 3.93. The molecule has 10 heteroatoms. The van der Waals surface area contributed by atoms with Crippen LogP contribution in [0.3, 0.4) is 0 Å². The Hall–Kier alpha value is -3.50. The van der Waals surface area contributed by atoms with Gasteiger partial charge >= 0.3 is 5.97 Å². The van der Waals surface area contributed by atoms with Gasteiger partial charge in [0.25, 0.3) is 5.91 Å². The average Bonchev–Trinajstić information content (AvgIpc) is 3.17. The summed E-state index contributed by atoms with van der Waals surface area (Å²) in [5.41, 5.74) is 1.57. The van der Waals surface area contributed by atoms with Crippen molar-refractivity contribution in [1.82, 2.24) is 9.80 Å². The van der Waals surface area contributed by atoms with Crippen molar-refractivity contribution in [1.29, 1.82) is 0 Å². The molecule has 0 unspecified atom stereocenters. The Kier molecular flexibility index (Phi) is 9.53. The number of hydrogen-bond donors (Lipinski definition) is 1. The van der Waals surface area contributed by atoms with Crippen molar-refractivity contribution in [3.8, 4) is 5.75 Å². The van der Waals surface area contributed by atoms with Gasteiger partial charge < -0.3 is 24.6 Å². The highest BCUT2D eigenvalue weighted by Gasteiger charge is 2.44. The lowest BCUT2D eigenvalue weighted by Gasteiger charge is -2.32. The van der Waals surface area contributed by atoms with Crippen molar-refractivity contribution in [3.63, 3.8) is 0 Å². The fraction of sp³-hybridized carbons (Fsp3) is 0.448. The molecule has 39 heavy (non-hydrogen) atoms. The quantitative estimate of drug-likeness (QED) is 0.350. The van der Waals surface area contributed by atoms with Crippen LogP contribution in [0.4, 0.5) is 11.4 Å². The van der Waals surface area contributed by atoms with Crippen molar-refractivity contribution >= 4 is 46.5 Å². The molecule has 0 radical (unpaired) electrons. The van der Waals surface area contributed by atoms with Crippen LogP contribution in [0.5, 0.6) is 5.75 Å². The van der Waals surface area contributed by atoms with Crippen LogP contribution < -0.4 is 15.0 Å².